The Hall–Kier alpha value is -1.10. The number of benzene rings is 1. The average Bonchev–Trinajstić information content (AvgIpc) is 2.03. The Morgan fingerprint density at radius 3 is 2.67 bits per heavy atom. The SMILES string of the molecule is O=[N+]([O-])c1c(O)cccc1CBr. The summed E-state index contributed by atoms with van der Waals surface area (Å²) >= 11 is 3.10. The molecule has 0 bridgehead atoms. The maximum atomic E-state index is 10.4. The monoisotopic (exact) mass is 231 g/mol. The second kappa shape index (κ2) is 3.53. The second-order valence-electron chi connectivity index (χ2n) is 2.18. The van der Waals surface area contributed by atoms with Crippen LogP contribution < -0.4 is 0 Å². The van der Waals surface area contributed by atoms with Crippen LogP contribution >= 0.6 is 15.9 Å². The van der Waals surface area contributed by atoms with Gasteiger partial charge < -0.3 is 5.11 Å². The van der Waals surface area contributed by atoms with Crippen molar-refractivity contribution in [2.75, 3.05) is 0 Å². The molecule has 0 saturated carbocycles. The molecule has 1 aromatic rings. The smallest absolute Gasteiger partial charge is 0.314 e. The van der Waals surface area contributed by atoms with Gasteiger partial charge in [0.1, 0.15) is 0 Å². The summed E-state index contributed by atoms with van der Waals surface area (Å²) in [5, 5.41) is 19.9. The van der Waals surface area contributed by atoms with Gasteiger partial charge in [-0.1, -0.05) is 28.1 Å². The predicted molar refractivity (Wildman–Crippen MR) is 47.4 cm³/mol. The highest BCUT2D eigenvalue weighted by Crippen LogP contribution is 2.30. The molecule has 4 nitrogen and oxygen atoms in total. The number of nitro benzene ring substituents is 1. The van der Waals surface area contributed by atoms with Crippen molar-refractivity contribution in [3.63, 3.8) is 0 Å². The summed E-state index contributed by atoms with van der Waals surface area (Å²) < 4.78 is 0. The first-order valence-corrected chi connectivity index (χ1v) is 4.30. The van der Waals surface area contributed by atoms with Crippen LogP contribution in [0, 0.1) is 10.1 Å². The molecular formula is C7H6BrNO3. The van der Waals surface area contributed by atoms with Crippen molar-refractivity contribution in [2.45, 2.75) is 5.33 Å². The fourth-order valence-electron chi connectivity index (χ4n) is 0.896. The molecule has 0 radical (unpaired) electrons. The zero-order chi connectivity index (χ0) is 9.14. The summed E-state index contributed by atoms with van der Waals surface area (Å²) in [6.07, 6.45) is 0. The van der Waals surface area contributed by atoms with Crippen molar-refractivity contribution < 1.29 is 10.0 Å². The maximum Gasteiger partial charge on any atom is 0.314 e. The van der Waals surface area contributed by atoms with Crippen molar-refractivity contribution in [1.29, 1.82) is 0 Å². The lowest BCUT2D eigenvalue weighted by Gasteiger charge is -1.99. The van der Waals surface area contributed by atoms with Crippen LogP contribution in [0.25, 0.3) is 0 Å². The van der Waals surface area contributed by atoms with Gasteiger partial charge in [-0.3, -0.25) is 10.1 Å². The Kier molecular flexibility index (Phi) is 2.65. The lowest BCUT2D eigenvalue weighted by molar-refractivity contribution is -0.386. The predicted octanol–water partition coefficient (Wildman–Crippen LogP) is 2.20. The van der Waals surface area contributed by atoms with Crippen molar-refractivity contribution >= 4 is 21.6 Å². The molecule has 0 fully saturated rings. The molecule has 1 aromatic carbocycles. The highest BCUT2D eigenvalue weighted by atomic mass is 79.9. The van der Waals surface area contributed by atoms with Gasteiger partial charge in [0, 0.05) is 10.9 Å². The number of halogens is 1. The number of aromatic hydroxyl groups is 1. The van der Waals surface area contributed by atoms with E-state index in [1.54, 1.807) is 12.1 Å². The fourth-order valence-corrected chi connectivity index (χ4v) is 1.35. The number of alkyl halides is 1. The van der Waals surface area contributed by atoms with Crippen LogP contribution in [0.2, 0.25) is 0 Å². The van der Waals surface area contributed by atoms with Gasteiger partial charge in [0.05, 0.1) is 4.92 Å². The van der Waals surface area contributed by atoms with E-state index in [0.717, 1.165) is 0 Å². The number of para-hydroxylation sites is 1. The van der Waals surface area contributed by atoms with E-state index in [1.807, 2.05) is 0 Å². The van der Waals surface area contributed by atoms with E-state index in [4.69, 9.17) is 5.11 Å². The van der Waals surface area contributed by atoms with Gasteiger partial charge in [0.15, 0.2) is 5.75 Å². The Balaban J connectivity index is 3.29. The first-order chi connectivity index (χ1) is 5.66. The van der Waals surface area contributed by atoms with Crippen LogP contribution in [0.15, 0.2) is 18.2 Å². The van der Waals surface area contributed by atoms with E-state index in [-0.39, 0.29) is 11.4 Å². The number of hydrogen-bond acceptors (Lipinski definition) is 3. The minimum atomic E-state index is -0.591. The highest BCUT2D eigenvalue weighted by molar-refractivity contribution is 9.08. The number of nitrogens with zero attached hydrogens (tertiary/aromatic N) is 1. The number of phenolic OH excluding ortho intramolecular Hbond substituents is 1. The Morgan fingerprint density at radius 1 is 1.58 bits per heavy atom. The van der Waals surface area contributed by atoms with Crippen LogP contribution in [-0.4, -0.2) is 10.0 Å². The molecule has 0 aliphatic rings. The number of rotatable bonds is 2. The number of phenols is 1. The van der Waals surface area contributed by atoms with Crippen molar-refractivity contribution in [2.24, 2.45) is 0 Å². The largest absolute Gasteiger partial charge is 0.502 e. The number of hydrogen-bond donors (Lipinski definition) is 1. The molecule has 12 heavy (non-hydrogen) atoms. The normalized spacial score (nSPS) is 9.75. The summed E-state index contributed by atoms with van der Waals surface area (Å²) in [6, 6.07) is 4.45. The molecule has 0 spiro atoms. The van der Waals surface area contributed by atoms with E-state index in [9.17, 15) is 10.1 Å². The van der Waals surface area contributed by atoms with Crippen molar-refractivity contribution in [3.8, 4) is 5.75 Å². The van der Waals surface area contributed by atoms with Crippen LogP contribution in [0.5, 0.6) is 5.75 Å². The summed E-state index contributed by atoms with van der Waals surface area (Å²) in [7, 11) is 0. The van der Waals surface area contributed by atoms with E-state index in [0.29, 0.717) is 10.9 Å². The quantitative estimate of drug-likeness (QED) is 0.482. The first-order valence-electron chi connectivity index (χ1n) is 3.18. The van der Waals surface area contributed by atoms with Crippen LogP contribution in [-0.2, 0) is 5.33 Å². The topological polar surface area (TPSA) is 63.4 Å². The molecule has 0 unspecified atom stereocenters. The molecule has 0 aromatic heterocycles. The summed E-state index contributed by atoms with van der Waals surface area (Å²) in [5.74, 6) is -0.294. The van der Waals surface area contributed by atoms with Gasteiger partial charge in [0.2, 0.25) is 0 Å². The molecule has 0 heterocycles. The minimum Gasteiger partial charge on any atom is -0.502 e. The second-order valence-corrected chi connectivity index (χ2v) is 2.74. The third-order valence-electron chi connectivity index (χ3n) is 1.42. The average molecular weight is 232 g/mol. The van der Waals surface area contributed by atoms with Crippen LogP contribution in [0.3, 0.4) is 0 Å². The van der Waals surface area contributed by atoms with Gasteiger partial charge in [-0.05, 0) is 6.07 Å². The van der Waals surface area contributed by atoms with E-state index < -0.39 is 4.92 Å². The molecule has 0 aliphatic carbocycles. The Labute approximate surface area is 77.1 Å². The minimum absolute atomic E-state index is 0.227. The fraction of sp³-hybridized carbons (Fsp3) is 0.143. The standard InChI is InChI=1S/C7H6BrNO3/c8-4-5-2-1-3-6(10)7(5)9(11)12/h1-3,10H,4H2. The molecule has 1 rings (SSSR count). The molecule has 0 aliphatic heterocycles. The van der Waals surface area contributed by atoms with Gasteiger partial charge in [-0.2, -0.15) is 0 Å². The van der Waals surface area contributed by atoms with E-state index in [2.05, 4.69) is 15.9 Å². The van der Waals surface area contributed by atoms with Gasteiger partial charge in [-0.15, -0.1) is 0 Å². The third-order valence-corrected chi connectivity index (χ3v) is 2.03. The van der Waals surface area contributed by atoms with Gasteiger partial charge >= 0.3 is 5.69 Å². The lowest BCUT2D eigenvalue weighted by Crippen LogP contribution is -1.93. The van der Waals surface area contributed by atoms with Crippen molar-refractivity contribution in [1.82, 2.24) is 0 Å². The van der Waals surface area contributed by atoms with E-state index >= 15 is 0 Å². The Bertz CT molecular complexity index is 314. The summed E-state index contributed by atoms with van der Waals surface area (Å²) in [4.78, 5) is 9.83. The zero-order valence-corrected chi connectivity index (χ0v) is 7.61. The molecule has 5 heteroatoms. The van der Waals surface area contributed by atoms with Gasteiger partial charge in [-0.25, -0.2) is 0 Å². The molecule has 0 saturated heterocycles. The molecule has 1 N–H and O–H groups in total. The molecule has 64 valence electrons. The molecule has 0 atom stereocenters. The van der Waals surface area contributed by atoms with Crippen molar-refractivity contribution in [3.05, 3.63) is 33.9 Å². The number of nitro groups is 1. The maximum absolute atomic E-state index is 10.4. The van der Waals surface area contributed by atoms with E-state index in [1.165, 1.54) is 6.07 Å². The highest BCUT2D eigenvalue weighted by Gasteiger charge is 2.17. The first kappa shape index (κ1) is 8.99. The van der Waals surface area contributed by atoms with Crippen LogP contribution in [0.4, 0.5) is 5.69 Å². The summed E-state index contributed by atoms with van der Waals surface area (Å²) in [5.41, 5.74) is 0.245. The molecular weight excluding hydrogens is 226 g/mol. The third kappa shape index (κ3) is 1.55. The lowest BCUT2D eigenvalue weighted by atomic mass is 10.2. The zero-order valence-electron chi connectivity index (χ0n) is 6.03. The Morgan fingerprint density at radius 2 is 2.25 bits per heavy atom. The van der Waals surface area contributed by atoms with Crippen LogP contribution in [0.1, 0.15) is 5.56 Å². The summed E-state index contributed by atoms with van der Waals surface area (Å²) in [6.45, 7) is 0. The van der Waals surface area contributed by atoms with Gasteiger partial charge in [0.25, 0.3) is 0 Å². The molecule has 0 amide bonds.